The van der Waals surface area contributed by atoms with E-state index in [4.69, 9.17) is 10.2 Å². The second kappa shape index (κ2) is 9.02. The zero-order valence-corrected chi connectivity index (χ0v) is 18.8. The predicted molar refractivity (Wildman–Crippen MR) is 115 cm³/mol. The largest absolute Gasteiger partial charge is 0.478 e. The fourth-order valence-corrected chi connectivity index (χ4v) is 7.72. The summed E-state index contributed by atoms with van der Waals surface area (Å²) in [5, 5.41) is 29.6. The molecule has 31 heavy (non-hydrogen) atoms. The van der Waals surface area contributed by atoms with Gasteiger partial charge in [0.05, 0.1) is 6.10 Å². The number of hydrogen-bond donors (Lipinski definition) is 4. The van der Waals surface area contributed by atoms with E-state index in [1.54, 1.807) is 0 Å². The van der Waals surface area contributed by atoms with Gasteiger partial charge in [0.2, 0.25) is 0 Å². The second-order valence-electron chi connectivity index (χ2n) is 10.5. The van der Waals surface area contributed by atoms with Gasteiger partial charge >= 0.3 is 11.9 Å². The molecule has 4 aliphatic rings. The zero-order valence-electron chi connectivity index (χ0n) is 18.8. The number of Topliss-reactive ketones (excluding diaryl/α,β-unsaturated/α-hetero) is 1. The fourth-order valence-electron chi connectivity index (χ4n) is 7.72. The summed E-state index contributed by atoms with van der Waals surface area (Å²) in [6, 6.07) is 0.256. The van der Waals surface area contributed by atoms with E-state index in [2.05, 4.69) is 19.2 Å². The summed E-state index contributed by atoms with van der Waals surface area (Å²) < 4.78 is 0. The van der Waals surface area contributed by atoms with Crippen LogP contribution in [-0.4, -0.2) is 52.2 Å². The maximum Gasteiger partial charge on any atom is 0.328 e. The van der Waals surface area contributed by atoms with Gasteiger partial charge in [0.25, 0.3) is 0 Å². The normalized spacial score (nSPS) is 43.9. The Hall–Kier alpha value is -1.73. The van der Waals surface area contributed by atoms with Crippen LogP contribution in [0.15, 0.2) is 12.2 Å². The summed E-state index contributed by atoms with van der Waals surface area (Å²) in [4.78, 5) is 31.0. The van der Waals surface area contributed by atoms with Crippen LogP contribution in [0, 0.1) is 34.5 Å². The van der Waals surface area contributed by atoms with Gasteiger partial charge in [0.1, 0.15) is 5.78 Å². The molecule has 4 fully saturated rings. The molecule has 0 spiro atoms. The van der Waals surface area contributed by atoms with Gasteiger partial charge in [0, 0.05) is 31.0 Å². The number of ketones is 1. The van der Waals surface area contributed by atoms with Crippen LogP contribution in [0.5, 0.6) is 0 Å². The van der Waals surface area contributed by atoms with Crippen molar-refractivity contribution < 1.29 is 29.7 Å². The first kappa shape index (κ1) is 23.9. The quantitative estimate of drug-likeness (QED) is 0.503. The molecule has 174 valence electrons. The van der Waals surface area contributed by atoms with E-state index < -0.39 is 11.9 Å². The molecule has 0 amide bonds. The Labute approximate surface area is 184 Å². The number of aliphatic hydroxyl groups excluding tert-OH is 1. The molecule has 0 saturated heterocycles. The standard InChI is InChI=1S/C20H33NO2.C4H4O4/c1-19-8-6-13(22)10-12(19)4-5-14-15(19)7-9-20(2)16(14)11-17(23)18(20)21-3;5-3(6)1-2-4(7)8/h12,14-18,21,23H,4-11H2,1-3H3;1-2H,(H,5,6)(H,7,8)/b;2-1-/t12-,14+,15-,16-,17-,18-,19-,20-;/m0./s1. The van der Waals surface area contributed by atoms with Crippen molar-refractivity contribution in [1.82, 2.24) is 5.32 Å². The van der Waals surface area contributed by atoms with E-state index in [1.165, 1.54) is 25.7 Å². The Bertz CT molecular complexity index is 734. The molecule has 7 heteroatoms. The molecular weight excluding hydrogens is 398 g/mol. The molecule has 7 nitrogen and oxygen atoms in total. The lowest BCUT2D eigenvalue weighted by molar-refractivity contribution is -0.138. The first-order valence-corrected chi connectivity index (χ1v) is 11.5. The van der Waals surface area contributed by atoms with Crippen molar-refractivity contribution in [3.8, 4) is 0 Å². The first-order valence-electron chi connectivity index (χ1n) is 11.5. The number of hydrogen-bond acceptors (Lipinski definition) is 5. The van der Waals surface area contributed by atoms with Crippen LogP contribution in [0.2, 0.25) is 0 Å². The number of carbonyl (C=O) groups is 3. The van der Waals surface area contributed by atoms with Crippen molar-refractivity contribution in [2.24, 2.45) is 34.5 Å². The number of rotatable bonds is 3. The smallest absolute Gasteiger partial charge is 0.328 e. The van der Waals surface area contributed by atoms with Crippen molar-refractivity contribution in [3.63, 3.8) is 0 Å². The molecule has 0 unspecified atom stereocenters. The number of carboxylic acids is 2. The van der Waals surface area contributed by atoms with Crippen LogP contribution in [0.1, 0.15) is 65.2 Å². The van der Waals surface area contributed by atoms with Gasteiger partial charge in [-0.05, 0) is 80.1 Å². The highest BCUT2D eigenvalue weighted by atomic mass is 16.4. The molecule has 8 atom stereocenters. The zero-order chi connectivity index (χ0) is 23.0. The third-order valence-corrected chi connectivity index (χ3v) is 9.19. The maximum atomic E-state index is 11.9. The highest BCUT2D eigenvalue weighted by Gasteiger charge is 2.61. The molecule has 0 aromatic heterocycles. The van der Waals surface area contributed by atoms with Gasteiger partial charge in [-0.2, -0.15) is 0 Å². The summed E-state index contributed by atoms with van der Waals surface area (Å²) in [7, 11) is 2.01. The number of likely N-dealkylation sites (N-methyl/N-ethyl adjacent to an activating group) is 1. The topological polar surface area (TPSA) is 124 Å². The Morgan fingerprint density at radius 1 is 1.00 bits per heavy atom. The molecule has 0 bridgehead atoms. The SMILES string of the molecule is CN[C@H]1[C@@H](O)C[C@H]2[C@@H]3CC[C@H]4CC(=O)CC[C@]4(C)[C@H]3CC[C@@]21C.O=C(O)/C=C\C(=O)O. The number of carbonyl (C=O) groups excluding carboxylic acids is 1. The van der Waals surface area contributed by atoms with Crippen LogP contribution >= 0.6 is 0 Å². The van der Waals surface area contributed by atoms with Crippen molar-refractivity contribution in [1.29, 1.82) is 0 Å². The third-order valence-electron chi connectivity index (χ3n) is 9.19. The molecule has 0 radical (unpaired) electrons. The lowest BCUT2D eigenvalue weighted by atomic mass is 9.45. The van der Waals surface area contributed by atoms with Crippen LogP contribution in [0.4, 0.5) is 0 Å². The van der Waals surface area contributed by atoms with E-state index in [0.717, 1.165) is 37.5 Å². The molecule has 4 N–H and O–H groups in total. The van der Waals surface area contributed by atoms with E-state index in [0.29, 0.717) is 35.2 Å². The summed E-state index contributed by atoms with van der Waals surface area (Å²) in [5.41, 5.74) is 0.629. The van der Waals surface area contributed by atoms with E-state index in [1.807, 2.05) is 7.05 Å². The van der Waals surface area contributed by atoms with Crippen LogP contribution in [0.25, 0.3) is 0 Å². The van der Waals surface area contributed by atoms with E-state index >= 15 is 0 Å². The molecule has 4 rings (SSSR count). The van der Waals surface area contributed by atoms with Crippen molar-refractivity contribution in [3.05, 3.63) is 12.2 Å². The van der Waals surface area contributed by atoms with Crippen molar-refractivity contribution in [2.75, 3.05) is 7.05 Å². The summed E-state index contributed by atoms with van der Waals surface area (Å²) in [6.07, 6.45) is 9.70. The molecular formula is C24H37NO6. The maximum absolute atomic E-state index is 11.9. The molecule has 4 aliphatic carbocycles. The van der Waals surface area contributed by atoms with Gasteiger partial charge in [-0.25, -0.2) is 9.59 Å². The Morgan fingerprint density at radius 2 is 1.65 bits per heavy atom. The lowest BCUT2D eigenvalue weighted by Crippen LogP contribution is -2.55. The highest BCUT2D eigenvalue weighted by molar-refractivity contribution is 5.89. The van der Waals surface area contributed by atoms with Crippen LogP contribution in [0.3, 0.4) is 0 Å². The van der Waals surface area contributed by atoms with E-state index in [-0.39, 0.29) is 17.6 Å². The summed E-state index contributed by atoms with van der Waals surface area (Å²) in [6.45, 7) is 4.91. The number of fused-ring (bicyclic) bond motifs is 5. The summed E-state index contributed by atoms with van der Waals surface area (Å²) >= 11 is 0. The van der Waals surface area contributed by atoms with Crippen molar-refractivity contribution >= 4 is 17.7 Å². The number of aliphatic hydroxyl groups is 1. The van der Waals surface area contributed by atoms with E-state index in [9.17, 15) is 19.5 Å². The van der Waals surface area contributed by atoms with Gasteiger partial charge < -0.3 is 20.6 Å². The lowest BCUT2D eigenvalue weighted by Gasteiger charge is -2.60. The second-order valence-corrected chi connectivity index (χ2v) is 10.5. The Balaban J connectivity index is 0.000000293. The van der Waals surface area contributed by atoms with Crippen molar-refractivity contribution in [2.45, 2.75) is 77.4 Å². The minimum absolute atomic E-state index is 0.188. The van der Waals surface area contributed by atoms with Gasteiger partial charge in [-0.3, -0.25) is 4.79 Å². The molecule has 0 aliphatic heterocycles. The fraction of sp³-hybridized carbons (Fsp3) is 0.792. The molecule has 0 aromatic carbocycles. The van der Waals surface area contributed by atoms with Gasteiger partial charge in [-0.1, -0.05) is 13.8 Å². The minimum atomic E-state index is -1.26. The third kappa shape index (κ3) is 4.44. The Kier molecular flexibility index (Phi) is 6.96. The average molecular weight is 436 g/mol. The number of nitrogens with one attached hydrogen (secondary N) is 1. The minimum Gasteiger partial charge on any atom is -0.478 e. The predicted octanol–water partition coefficient (Wildman–Crippen LogP) is 2.87. The molecule has 0 aromatic rings. The first-order chi connectivity index (χ1) is 14.5. The van der Waals surface area contributed by atoms with Crippen LogP contribution in [-0.2, 0) is 14.4 Å². The number of aliphatic carboxylic acids is 2. The van der Waals surface area contributed by atoms with Crippen LogP contribution < -0.4 is 5.32 Å². The molecule has 0 heterocycles. The Morgan fingerprint density at radius 3 is 2.23 bits per heavy atom. The highest BCUT2D eigenvalue weighted by Crippen LogP contribution is 2.65. The monoisotopic (exact) mass is 435 g/mol. The summed E-state index contributed by atoms with van der Waals surface area (Å²) in [5.74, 6) is 0.800. The number of carboxylic acid groups (broad SMARTS) is 2. The van der Waals surface area contributed by atoms with Gasteiger partial charge in [-0.15, -0.1) is 0 Å². The van der Waals surface area contributed by atoms with Gasteiger partial charge in [0.15, 0.2) is 0 Å². The average Bonchev–Trinajstić information content (AvgIpc) is 2.97. The molecule has 4 saturated carbocycles.